The standard InChI is InChI=1S/C18H10F12O8/c19-15(20,21)35-7-1-5(2-8(13(7)33)36-16(22,23)24)11(31)12(32)6-3-9(37-17(25,26)27)14(34)10(4-6)38-18(28,29)30/h1-4,11-12,31-34H. The van der Waals surface area contributed by atoms with Crippen molar-refractivity contribution < 1.29 is 92.1 Å². The van der Waals surface area contributed by atoms with Gasteiger partial charge < -0.3 is 39.4 Å². The van der Waals surface area contributed by atoms with E-state index in [4.69, 9.17) is 0 Å². The molecule has 2 aromatic carbocycles. The molecule has 2 atom stereocenters. The van der Waals surface area contributed by atoms with Gasteiger partial charge in [0.1, 0.15) is 12.2 Å². The molecule has 20 heteroatoms. The molecular formula is C18H10F12O8. The molecule has 0 saturated heterocycles. The molecule has 38 heavy (non-hydrogen) atoms. The van der Waals surface area contributed by atoms with E-state index in [-0.39, 0.29) is 24.3 Å². The van der Waals surface area contributed by atoms with Gasteiger partial charge in [-0.25, -0.2) is 0 Å². The van der Waals surface area contributed by atoms with E-state index in [1.807, 2.05) is 0 Å². The maximum absolute atomic E-state index is 12.6. The Kier molecular flexibility index (Phi) is 8.23. The van der Waals surface area contributed by atoms with E-state index >= 15 is 0 Å². The van der Waals surface area contributed by atoms with E-state index in [9.17, 15) is 73.1 Å². The number of aromatic hydroxyl groups is 2. The average molecular weight is 582 g/mol. The van der Waals surface area contributed by atoms with Crippen LogP contribution in [0.15, 0.2) is 24.3 Å². The Labute approximate surface area is 200 Å². The summed E-state index contributed by atoms with van der Waals surface area (Å²) in [6, 6.07) is 0.114. The SMILES string of the molecule is Oc1c(OC(F)(F)F)cc(C(O)C(O)c2cc(OC(F)(F)F)c(O)c(OC(F)(F)F)c2)cc1OC(F)(F)F. The number of hydrogen-bond donors (Lipinski definition) is 4. The van der Waals surface area contributed by atoms with Gasteiger partial charge in [-0.3, -0.25) is 0 Å². The van der Waals surface area contributed by atoms with Crippen LogP contribution in [0.1, 0.15) is 23.3 Å². The van der Waals surface area contributed by atoms with Crippen molar-refractivity contribution in [3.05, 3.63) is 35.4 Å². The highest BCUT2D eigenvalue weighted by atomic mass is 19.4. The highest BCUT2D eigenvalue weighted by Gasteiger charge is 2.39. The third-order valence-electron chi connectivity index (χ3n) is 4.01. The number of alkyl halides is 12. The number of halogens is 12. The molecule has 0 radical (unpaired) electrons. The Hall–Kier alpha value is -3.68. The van der Waals surface area contributed by atoms with Crippen LogP contribution in [0.2, 0.25) is 0 Å². The van der Waals surface area contributed by atoms with Gasteiger partial charge in [-0.15, -0.1) is 52.7 Å². The fourth-order valence-electron chi connectivity index (χ4n) is 2.72. The van der Waals surface area contributed by atoms with Gasteiger partial charge in [-0.05, 0) is 35.4 Å². The lowest BCUT2D eigenvalue weighted by molar-refractivity contribution is -0.279. The van der Waals surface area contributed by atoms with Crippen LogP contribution in [0.3, 0.4) is 0 Å². The summed E-state index contributed by atoms with van der Waals surface area (Å²) in [7, 11) is 0. The molecule has 0 aliphatic rings. The van der Waals surface area contributed by atoms with Crippen molar-refractivity contribution in [2.24, 2.45) is 0 Å². The second kappa shape index (κ2) is 10.2. The van der Waals surface area contributed by atoms with Crippen LogP contribution in [0.25, 0.3) is 0 Å². The van der Waals surface area contributed by atoms with E-state index in [0.29, 0.717) is 0 Å². The Bertz CT molecular complexity index is 977. The first-order chi connectivity index (χ1) is 17.0. The lowest BCUT2D eigenvalue weighted by atomic mass is 9.97. The second-order valence-electron chi connectivity index (χ2n) is 6.81. The van der Waals surface area contributed by atoms with Gasteiger partial charge in [0.05, 0.1) is 0 Å². The van der Waals surface area contributed by atoms with E-state index in [1.165, 1.54) is 0 Å². The molecule has 0 spiro atoms. The van der Waals surface area contributed by atoms with Gasteiger partial charge in [-0.1, -0.05) is 0 Å². The third kappa shape index (κ3) is 8.71. The van der Waals surface area contributed by atoms with Crippen molar-refractivity contribution >= 4 is 0 Å². The topological polar surface area (TPSA) is 118 Å². The summed E-state index contributed by atoms with van der Waals surface area (Å²) in [5, 5.41) is 39.9. The molecule has 0 bridgehead atoms. The summed E-state index contributed by atoms with van der Waals surface area (Å²) < 4.78 is 164. The van der Waals surface area contributed by atoms with Crippen LogP contribution in [0.5, 0.6) is 34.5 Å². The normalized spacial score (nSPS) is 14.6. The third-order valence-corrected chi connectivity index (χ3v) is 4.01. The number of aliphatic hydroxyl groups is 2. The summed E-state index contributed by atoms with van der Waals surface area (Å²) in [5.41, 5.74) is -2.36. The molecular weight excluding hydrogens is 572 g/mol. The van der Waals surface area contributed by atoms with Crippen LogP contribution < -0.4 is 18.9 Å². The first-order valence-electron chi connectivity index (χ1n) is 9.08. The van der Waals surface area contributed by atoms with Crippen LogP contribution in [0.4, 0.5) is 52.7 Å². The Balaban J connectivity index is 2.63. The predicted molar refractivity (Wildman–Crippen MR) is 92.9 cm³/mol. The van der Waals surface area contributed by atoms with Gasteiger partial charge in [0.2, 0.25) is 11.5 Å². The smallest absolute Gasteiger partial charge is 0.502 e. The summed E-state index contributed by atoms with van der Waals surface area (Å²) in [6.45, 7) is 0. The number of phenolic OH excluding ortho intramolecular Hbond substituents is 2. The fraction of sp³-hybridized carbons (Fsp3) is 0.333. The molecule has 8 nitrogen and oxygen atoms in total. The number of benzene rings is 2. The first-order valence-corrected chi connectivity index (χ1v) is 9.08. The van der Waals surface area contributed by atoms with Gasteiger partial charge >= 0.3 is 25.4 Å². The molecule has 0 aromatic heterocycles. The fourth-order valence-corrected chi connectivity index (χ4v) is 2.72. The maximum atomic E-state index is 12.6. The Morgan fingerprint density at radius 2 is 0.632 bits per heavy atom. The molecule has 2 unspecified atom stereocenters. The van der Waals surface area contributed by atoms with E-state index < -0.39 is 83.3 Å². The summed E-state index contributed by atoms with van der Waals surface area (Å²) in [4.78, 5) is 0. The quantitative estimate of drug-likeness (QED) is 0.318. The second-order valence-corrected chi connectivity index (χ2v) is 6.81. The number of aliphatic hydroxyl groups excluding tert-OH is 2. The number of hydrogen-bond acceptors (Lipinski definition) is 8. The lowest BCUT2D eigenvalue weighted by Crippen LogP contribution is -2.21. The Morgan fingerprint density at radius 3 is 0.789 bits per heavy atom. The number of phenols is 2. The molecule has 2 rings (SSSR count). The van der Waals surface area contributed by atoms with Gasteiger partial charge in [0.25, 0.3) is 0 Å². The molecule has 0 amide bonds. The van der Waals surface area contributed by atoms with Crippen LogP contribution in [0, 0.1) is 0 Å². The maximum Gasteiger partial charge on any atom is 0.573 e. The minimum Gasteiger partial charge on any atom is -0.502 e. The van der Waals surface area contributed by atoms with Crippen LogP contribution in [-0.4, -0.2) is 45.9 Å². The largest absolute Gasteiger partial charge is 0.573 e. The van der Waals surface area contributed by atoms with Crippen LogP contribution >= 0.6 is 0 Å². The van der Waals surface area contributed by atoms with Gasteiger partial charge in [-0.2, -0.15) is 0 Å². The van der Waals surface area contributed by atoms with Crippen LogP contribution in [-0.2, 0) is 0 Å². The van der Waals surface area contributed by atoms with Gasteiger partial charge in [0, 0.05) is 0 Å². The van der Waals surface area contributed by atoms with E-state index in [1.54, 1.807) is 0 Å². The molecule has 0 fully saturated rings. The van der Waals surface area contributed by atoms with Crippen molar-refractivity contribution in [2.75, 3.05) is 0 Å². The Morgan fingerprint density at radius 1 is 0.447 bits per heavy atom. The van der Waals surface area contributed by atoms with Crippen molar-refractivity contribution in [3.63, 3.8) is 0 Å². The zero-order valence-corrected chi connectivity index (χ0v) is 17.4. The van der Waals surface area contributed by atoms with Crippen molar-refractivity contribution in [3.8, 4) is 34.5 Å². The van der Waals surface area contributed by atoms with Crippen molar-refractivity contribution in [1.29, 1.82) is 0 Å². The minimum absolute atomic E-state index is 0.0284. The highest BCUT2D eigenvalue weighted by molar-refractivity contribution is 5.55. The molecule has 0 aliphatic heterocycles. The molecule has 4 N–H and O–H groups in total. The molecule has 0 heterocycles. The zero-order valence-electron chi connectivity index (χ0n) is 17.4. The molecule has 0 saturated carbocycles. The minimum atomic E-state index is -5.64. The lowest BCUT2D eigenvalue weighted by Gasteiger charge is -2.23. The molecule has 0 aliphatic carbocycles. The van der Waals surface area contributed by atoms with Crippen molar-refractivity contribution in [1.82, 2.24) is 0 Å². The summed E-state index contributed by atoms with van der Waals surface area (Å²) in [5.74, 6) is -11.0. The summed E-state index contributed by atoms with van der Waals surface area (Å²) in [6.07, 6.45) is -28.0. The average Bonchev–Trinajstić information content (AvgIpc) is 2.68. The van der Waals surface area contributed by atoms with Crippen molar-refractivity contribution in [2.45, 2.75) is 37.7 Å². The van der Waals surface area contributed by atoms with E-state index in [0.717, 1.165) is 0 Å². The monoisotopic (exact) mass is 582 g/mol. The highest BCUT2D eigenvalue weighted by Crippen LogP contribution is 2.47. The summed E-state index contributed by atoms with van der Waals surface area (Å²) >= 11 is 0. The number of rotatable bonds is 7. The van der Waals surface area contributed by atoms with Gasteiger partial charge in [0.15, 0.2) is 23.0 Å². The zero-order chi connectivity index (χ0) is 29.4. The first kappa shape index (κ1) is 30.5. The molecule has 214 valence electrons. The molecule has 2 aromatic rings. The predicted octanol–water partition coefficient (Wildman–Crippen LogP) is 5.46. The number of ether oxygens (including phenoxy) is 4. The van der Waals surface area contributed by atoms with E-state index in [2.05, 4.69) is 18.9 Å².